The first-order valence-corrected chi connectivity index (χ1v) is 5.94. The van der Waals surface area contributed by atoms with Crippen LogP contribution in [0.1, 0.15) is 13.3 Å². The van der Waals surface area contributed by atoms with Crippen molar-refractivity contribution in [1.82, 2.24) is 0 Å². The number of nitrogens with zero attached hydrogens (tertiary/aromatic N) is 1. The maximum Gasteiger partial charge on any atom is 0.148 e. The first-order valence-electron chi connectivity index (χ1n) is 5.94. The van der Waals surface area contributed by atoms with E-state index in [2.05, 4.69) is 6.92 Å². The average molecular weight is 238 g/mol. The Morgan fingerprint density at radius 1 is 1.47 bits per heavy atom. The van der Waals surface area contributed by atoms with Crippen LogP contribution in [0.3, 0.4) is 0 Å². The summed E-state index contributed by atoms with van der Waals surface area (Å²) in [6.45, 7) is 3.77. The molecule has 0 radical (unpaired) electrons. The zero-order valence-corrected chi connectivity index (χ0v) is 10.3. The molecule has 0 saturated carbocycles. The van der Waals surface area contributed by atoms with Gasteiger partial charge in [-0.2, -0.15) is 0 Å². The molecule has 0 bridgehead atoms. The topological polar surface area (TPSA) is 38.5 Å². The number of hydrogen-bond acceptors (Lipinski definition) is 3. The first-order chi connectivity index (χ1) is 8.11. The minimum Gasteiger partial charge on any atom is -0.399 e. The molecule has 1 fully saturated rings. The third-order valence-electron chi connectivity index (χ3n) is 3.50. The molecule has 2 atom stereocenters. The molecule has 1 heterocycles. The molecule has 1 aliphatic rings. The number of ether oxygens (including phenoxy) is 1. The van der Waals surface area contributed by atoms with Crippen molar-refractivity contribution in [2.45, 2.75) is 19.4 Å². The molecule has 94 valence electrons. The lowest BCUT2D eigenvalue weighted by Crippen LogP contribution is -2.44. The highest BCUT2D eigenvalue weighted by Gasteiger charge is 2.27. The van der Waals surface area contributed by atoms with Gasteiger partial charge in [0.05, 0.1) is 11.8 Å². The molecule has 17 heavy (non-hydrogen) atoms. The zero-order valence-electron chi connectivity index (χ0n) is 10.3. The van der Waals surface area contributed by atoms with Gasteiger partial charge in [0, 0.05) is 25.9 Å². The Bertz CT molecular complexity index is 397. The third kappa shape index (κ3) is 2.52. The van der Waals surface area contributed by atoms with E-state index in [-0.39, 0.29) is 11.9 Å². The molecule has 3 nitrogen and oxygen atoms in total. The van der Waals surface area contributed by atoms with E-state index in [1.54, 1.807) is 19.2 Å². The van der Waals surface area contributed by atoms with E-state index in [9.17, 15) is 4.39 Å². The molecule has 4 heteroatoms. The highest BCUT2D eigenvalue weighted by Crippen LogP contribution is 2.27. The quantitative estimate of drug-likeness (QED) is 0.803. The van der Waals surface area contributed by atoms with Crippen molar-refractivity contribution in [2.24, 2.45) is 5.92 Å². The van der Waals surface area contributed by atoms with E-state index >= 15 is 0 Å². The molecule has 0 aromatic heterocycles. The van der Waals surface area contributed by atoms with Crippen molar-refractivity contribution >= 4 is 11.4 Å². The monoisotopic (exact) mass is 238 g/mol. The van der Waals surface area contributed by atoms with Crippen molar-refractivity contribution in [1.29, 1.82) is 0 Å². The molecular weight excluding hydrogens is 219 g/mol. The van der Waals surface area contributed by atoms with Crippen LogP contribution in [0.5, 0.6) is 0 Å². The van der Waals surface area contributed by atoms with Crippen molar-refractivity contribution in [3.63, 3.8) is 0 Å². The summed E-state index contributed by atoms with van der Waals surface area (Å²) in [5.41, 5.74) is 6.63. The Morgan fingerprint density at radius 3 is 2.88 bits per heavy atom. The number of hydrogen-bond donors (Lipinski definition) is 1. The molecule has 1 aromatic rings. The summed E-state index contributed by atoms with van der Waals surface area (Å²) >= 11 is 0. The van der Waals surface area contributed by atoms with Gasteiger partial charge in [-0.3, -0.25) is 0 Å². The maximum absolute atomic E-state index is 13.8. The van der Waals surface area contributed by atoms with Gasteiger partial charge in [-0.1, -0.05) is 6.92 Å². The van der Waals surface area contributed by atoms with Gasteiger partial charge in [0.25, 0.3) is 0 Å². The Hall–Kier alpha value is -1.29. The largest absolute Gasteiger partial charge is 0.399 e. The van der Waals surface area contributed by atoms with Gasteiger partial charge < -0.3 is 15.4 Å². The van der Waals surface area contributed by atoms with Crippen LogP contribution in [0.2, 0.25) is 0 Å². The summed E-state index contributed by atoms with van der Waals surface area (Å²) in [6.07, 6.45) is 1.18. The van der Waals surface area contributed by atoms with Gasteiger partial charge >= 0.3 is 0 Å². The molecule has 0 spiro atoms. The van der Waals surface area contributed by atoms with Gasteiger partial charge in [-0.25, -0.2) is 4.39 Å². The number of anilines is 2. The van der Waals surface area contributed by atoms with E-state index in [0.717, 1.165) is 19.5 Å². The molecule has 0 aliphatic carbocycles. The Kier molecular flexibility index (Phi) is 3.52. The van der Waals surface area contributed by atoms with Gasteiger partial charge in [-0.05, 0) is 30.5 Å². The molecule has 1 aliphatic heterocycles. The van der Waals surface area contributed by atoms with Crippen LogP contribution >= 0.6 is 0 Å². The van der Waals surface area contributed by atoms with Crippen LogP contribution in [0.25, 0.3) is 0 Å². The second-order valence-corrected chi connectivity index (χ2v) is 4.70. The number of nitrogens with two attached hydrogens (primary N) is 1. The van der Waals surface area contributed by atoms with Crippen LogP contribution < -0.4 is 10.6 Å². The first kappa shape index (κ1) is 12.2. The smallest absolute Gasteiger partial charge is 0.148 e. The van der Waals surface area contributed by atoms with Crippen molar-refractivity contribution in [3.8, 4) is 0 Å². The minimum atomic E-state index is -0.255. The van der Waals surface area contributed by atoms with E-state index in [4.69, 9.17) is 10.5 Å². The van der Waals surface area contributed by atoms with Crippen LogP contribution in [-0.4, -0.2) is 26.3 Å². The van der Waals surface area contributed by atoms with Crippen molar-refractivity contribution in [2.75, 3.05) is 30.8 Å². The van der Waals surface area contributed by atoms with E-state index in [1.165, 1.54) is 6.07 Å². The average Bonchev–Trinajstić information content (AvgIpc) is 2.30. The highest BCUT2D eigenvalue weighted by molar-refractivity contribution is 5.54. The van der Waals surface area contributed by atoms with Crippen LogP contribution in [0, 0.1) is 11.7 Å². The number of methoxy groups -OCH3 is 1. The summed E-state index contributed by atoms with van der Waals surface area (Å²) in [5.74, 6) is 0.266. The summed E-state index contributed by atoms with van der Waals surface area (Å²) in [4.78, 5) is 2.03. The Labute approximate surface area is 101 Å². The Balaban J connectivity index is 2.17. The van der Waals surface area contributed by atoms with Crippen molar-refractivity contribution in [3.05, 3.63) is 24.0 Å². The summed E-state index contributed by atoms with van der Waals surface area (Å²) in [5, 5.41) is 0. The number of benzene rings is 1. The molecule has 1 saturated heterocycles. The van der Waals surface area contributed by atoms with Gasteiger partial charge in [0.2, 0.25) is 0 Å². The minimum absolute atomic E-state index is 0.167. The fourth-order valence-electron chi connectivity index (χ4n) is 2.34. The molecular formula is C13H19FN2O. The zero-order chi connectivity index (χ0) is 12.4. The number of rotatable bonds is 2. The summed E-state index contributed by atoms with van der Waals surface area (Å²) in [7, 11) is 1.71. The van der Waals surface area contributed by atoms with E-state index < -0.39 is 0 Å². The second-order valence-electron chi connectivity index (χ2n) is 4.70. The number of piperidine rings is 1. The standard InChI is InChI=1S/C13H19FN2O/c1-9-5-6-16(8-13(9)17-2)12-4-3-10(15)7-11(12)14/h3-4,7,9,13H,5-6,8,15H2,1-2H3. The molecule has 2 rings (SSSR count). The third-order valence-corrected chi connectivity index (χ3v) is 3.50. The lowest BCUT2D eigenvalue weighted by atomic mass is 9.95. The van der Waals surface area contributed by atoms with Gasteiger partial charge in [0.15, 0.2) is 0 Å². The van der Waals surface area contributed by atoms with Crippen LogP contribution in [0.4, 0.5) is 15.8 Å². The number of nitrogen functional groups attached to an aromatic ring is 1. The lowest BCUT2D eigenvalue weighted by Gasteiger charge is -2.37. The molecule has 0 amide bonds. The number of halogens is 1. The van der Waals surface area contributed by atoms with Gasteiger partial charge in [-0.15, -0.1) is 0 Å². The fraction of sp³-hybridized carbons (Fsp3) is 0.538. The van der Waals surface area contributed by atoms with E-state index in [1.807, 2.05) is 4.90 Å². The SMILES string of the molecule is COC1CN(c2ccc(N)cc2F)CCC1C. The molecule has 2 N–H and O–H groups in total. The maximum atomic E-state index is 13.8. The van der Waals surface area contributed by atoms with Crippen LogP contribution in [0.15, 0.2) is 18.2 Å². The second kappa shape index (κ2) is 4.92. The van der Waals surface area contributed by atoms with Crippen molar-refractivity contribution < 1.29 is 9.13 Å². The summed E-state index contributed by atoms with van der Waals surface area (Å²) < 4.78 is 19.2. The molecule has 2 unspecified atom stereocenters. The molecule has 1 aromatic carbocycles. The van der Waals surface area contributed by atoms with Crippen LogP contribution in [-0.2, 0) is 4.74 Å². The predicted molar refractivity (Wildman–Crippen MR) is 67.6 cm³/mol. The lowest BCUT2D eigenvalue weighted by molar-refractivity contribution is 0.0497. The predicted octanol–water partition coefficient (Wildman–Crippen LogP) is 2.27. The van der Waals surface area contributed by atoms with Gasteiger partial charge in [0.1, 0.15) is 5.82 Å². The van der Waals surface area contributed by atoms with E-state index in [0.29, 0.717) is 17.3 Å². The highest BCUT2D eigenvalue weighted by atomic mass is 19.1. The normalized spacial score (nSPS) is 25.0. The Morgan fingerprint density at radius 2 is 2.24 bits per heavy atom. The summed E-state index contributed by atoms with van der Waals surface area (Å²) in [6, 6.07) is 4.85. The fourth-order valence-corrected chi connectivity index (χ4v) is 2.34.